The first-order chi connectivity index (χ1) is 9.65. The molecule has 0 saturated carbocycles. The van der Waals surface area contributed by atoms with Crippen molar-refractivity contribution in [2.24, 2.45) is 5.10 Å². The fraction of sp³-hybridized carbons (Fsp3) is 0.0909. The van der Waals surface area contributed by atoms with E-state index in [2.05, 4.69) is 20.6 Å². The molecule has 0 aliphatic carbocycles. The van der Waals surface area contributed by atoms with E-state index in [0.29, 0.717) is 5.56 Å². The Balaban J connectivity index is 1.91. The minimum atomic E-state index is -0.499. The van der Waals surface area contributed by atoms with E-state index in [1.54, 1.807) is 6.07 Å². The average Bonchev–Trinajstić information content (AvgIpc) is 2.92. The van der Waals surface area contributed by atoms with Gasteiger partial charge in [0.25, 0.3) is 11.6 Å². The molecular weight excluding hydrogens is 264 g/mol. The van der Waals surface area contributed by atoms with Crippen LogP contribution in [0, 0.1) is 10.1 Å². The van der Waals surface area contributed by atoms with Crippen molar-refractivity contribution in [3.05, 3.63) is 52.6 Å². The van der Waals surface area contributed by atoms with Crippen molar-refractivity contribution >= 4 is 17.8 Å². The highest BCUT2D eigenvalue weighted by atomic mass is 16.6. The van der Waals surface area contributed by atoms with Crippen LogP contribution in [0.2, 0.25) is 0 Å². The number of hydrazone groups is 1. The molecule has 9 heteroatoms. The van der Waals surface area contributed by atoms with Crippen LogP contribution in [0.15, 0.2) is 42.0 Å². The van der Waals surface area contributed by atoms with Gasteiger partial charge in [-0.05, 0) is 0 Å². The maximum Gasteiger partial charge on any atom is 0.270 e. The van der Waals surface area contributed by atoms with Crippen molar-refractivity contribution in [2.45, 2.75) is 6.54 Å². The Kier molecular flexibility index (Phi) is 4.12. The highest BCUT2D eigenvalue weighted by molar-refractivity contribution is 5.82. The second kappa shape index (κ2) is 6.18. The number of nitro benzene ring substituents is 1. The van der Waals surface area contributed by atoms with Gasteiger partial charge in [-0.2, -0.15) is 10.2 Å². The summed E-state index contributed by atoms with van der Waals surface area (Å²) in [6.07, 6.45) is 4.05. The normalized spacial score (nSPS) is 10.6. The van der Waals surface area contributed by atoms with E-state index >= 15 is 0 Å². The van der Waals surface area contributed by atoms with Gasteiger partial charge in [0.15, 0.2) is 0 Å². The molecule has 1 amide bonds. The molecule has 0 aliphatic rings. The fourth-order valence-corrected chi connectivity index (χ4v) is 1.39. The maximum absolute atomic E-state index is 11.5. The predicted molar refractivity (Wildman–Crippen MR) is 68.9 cm³/mol. The number of nitro groups is 1. The molecule has 1 heterocycles. The minimum absolute atomic E-state index is 0.00766. The van der Waals surface area contributed by atoms with Crippen LogP contribution in [-0.4, -0.2) is 31.8 Å². The maximum atomic E-state index is 11.5. The summed E-state index contributed by atoms with van der Waals surface area (Å²) in [4.78, 5) is 25.2. The Bertz CT molecular complexity index is 637. The lowest BCUT2D eigenvalue weighted by molar-refractivity contribution is -0.384. The number of nitrogens with zero attached hydrogens (tertiary/aromatic N) is 5. The second-order valence-corrected chi connectivity index (χ2v) is 3.74. The van der Waals surface area contributed by atoms with E-state index in [0.717, 1.165) is 0 Å². The molecule has 0 unspecified atom stereocenters. The van der Waals surface area contributed by atoms with Gasteiger partial charge in [-0.25, -0.2) is 15.1 Å². The molecule has 0 bridgehead atoms. The zero-order valence-corrected chi connectivity index (χ0v) is 10.2. The average molecular weight is 274 g/mol. The highest BCUT2D eigenvalue weighted by Crippen LogP contribution is 2.11. The first-order valence-electron chi connectivity index (χ1n) is 5.54. The zero-order chi connectivity index (χ0) is 14.4. The quantitative estimate of drug-likeness (QED) is 0.479. The number of nitrogens with one attached hydrogen (secondary N) is 1. The second-order valence-electron chi connectivity index (χ2n) is 3.74. The molecular formula is C11H10N6O3. The minimum Gasteiger partial charge on any atom is -0.271 e. The third-order valence-electron chi connectivity index (χ3n) is 2.26. The van der Waals surface area contributed by atoms with Crippen molar-refractivity contribution in [3.8, 4) is 0 Å². The van der Waals surface area contributed by atoms with Gasteiger partial charge in [0, 0.05) is 17.7 Å². The molecule has 2 rings (SSSR count). The van der Waals surface area contributed by atoms with Crippen LogP contribution in [0.5, 0.6) is 0 Å². The van der Waals surface area contributed by atoms with Crippen LogP contribution >= 0.6 is 0 Å². The summed E-state index contributed by atoms with van der Waals surface area (Å²) in [5.74, 6) is -0.378. The van der Waals surface area contributed by atoms with E-state index in [9.17, 15) is 14.9 Å². The Morgan fingerprint density at radius 3 is 3.10 bits per heavy atom. The standard InChI is InChI=1S/C11H10N6O3/c18-11(6-16-8-12-7-14-16)15-13-5-9-2-1-3-10(4-9)17(19)20/h1-5,7-8H,6H2,(H,15,18)/b13-5-. The molecule has 0 saturated heterocycles. The number of rotatable bonds is 5. The van der Waals surface area contributed by atoms with Crippen LogP contribution in [0.25, 0.3) is 0 Å². The summed E-state index contributed by atoms with van der Waals surface area (Å²) in [5.41, 5.74) is 2.77. The molecule has 0 radical (unpaired) electrons. The topological polar surface area (TPSA) is 115 Å². The lowest BCUT2D eigenvalue weighted by Gasteiger charge is -1.99. The largest absolute Gasteiger partial charge is 0.271 e. The molecule has 0 fully saturated rings. The molecule has 102 valence electrons. The number of hydrogen-bond acceptors (Lipinski definition) is 6. The summed E-state index contributed by atoms with van der Waals surface area (Å²) in [6, 6.07) is 5.91. The van der Waals surface area contributed by atoms with Gasteiger partial charge in [-0.15, -0.1) is 0 Å². The molecule has 0 spiro atoms. The summed E-state index contributed by atoms with van der Waals surface area (Å²) in [5, 5.41) is 18.1. The number of amides is 1. The molecule has 2 aromatic rings. The molecule has 1 aromatic carbocycles. The van der Waals surface area contributed by atoms with Crippen LogP contribution in [-0.2, 0) is 11.3 Å². The van der Waals surface area contributed by atoms with Crippen LogP contribution < -0.4 is 5.43 Å². The van der Waals surface area contributed by atoms with Crippen LogP contribution in [0.1, 0.15) is 5.56 Å². The van der Waals surface area contributed by atoms with Gasteiger partial charge in [0.1, 0.15) is 19.2 Å². The number of aromatic nitrogens is 3. The van der Waals surface area contributed by atoms with Crippen molar-refractivity contribution in [1.29, 1.82) is 0 Å². The number of non-ortho nitro benzene ring substituents is 1. The third-order valence-corrected chi connectivity index (χ3v) is 2.26. The lowest BCUT2D eigenvalue weighted by atomic mass is 10.2. The summed E-state index contributed by atoms with van der Waals surface area (Å²) < 4.78 is 1.35. The molecule has 20 heavy (non-hydrogen) atoms. The van der Waals surface area contributed by atoms with Gasteiger partial charge in [-0.1, -0.05) is 12.1 Å². The van der Waals surface area contributed by atoms with E-state index in [1.165, 1.54) is 41.8 Å². The lowest BCUT2D eigenvalue weighted by Crippen LogP contribution is -2.23. The van der Waals surface area contributed by atoms with E-state index in [1.807, 2.05) is 0 Å². The Labute approximate surface area is 113 Å². The van der Waals surface area contributed by atoms with Crippen molar-refractivity contribution in [2.75, 3.05) is 0 Å². The highest BCUT2D eigenvalue weighted by Gasteiger charge is 2.04. The van der Waals surface area contributed by atoms with E-state index in [-0.39, 0.29) is 18.1 Å². The SMILES string of the molecule is O=C(Cn1cncn1)N/N=C\c1cccc([N+](=O)[O-])c1. The van der Waals surface area contributed by atoms with Crippen molar-refractivity contribution in [3.63, 3.8) is 0 Å². The van der Waals surface area contributed by atoms with Crippen molar-refractivity contribution < 1.29 is 9.72 Å². The molecule has 0 aliphatic heterocycles. The van der Waals surface area contributed by atoms with Crippen LogP contribution in [0.3, 0.4) is 0 Å². The van der Waals surface area contributed by atoms with Gasteiger partial charge in [-0.3, -0.25) is 14.9 Å². The summed E-state index contributed by atoms with van der Waals surface area (Å²) in [6.45, 7) is -0.00766. The Morgan fingerprint density at radius 2 is 2.40 bits per heavy atom. The first kappa shape index (κ1) is 13.3. The van der Waals surface area contributed by atoms with E-state index in [4.69, 9.17) is 0 Å². The third kappa shape index (κ3) is 3.70. The van der Waals surface area contributed by atoms with Crippen molar-refractivity contribution in [1.82, 2.24) is 20.2 Å². The molecule has 1 aromatic heterocycles. The first-order valence-corrected chi connectivity index (χ1v) is 5.54. The number of hydrogen-bond donors (Lipinski definition) is 1. The van der Waals surface area contributed by atoms with Crippen LogP contribution in [0.4, 0.5) is 5.69 Å². The smallest absolute Gasteiger partial charge is 0.270 e. The van der Waals surface area contributed by atoms with Gasteiger partial charge in [0.05, 0.1) is 11.1 Å². The van der Waals surface area contributed by atoms with Gasteiger partial charge >= 0.3 is 0 Å². The zero-order valence-electron chi connectivity index (χ0n) is 10.2. The van der Waals surface area contributed by atoms with Gasteiger partial charge < -0.3 is 0 Å². The molecule has 0 atom stereocenters. The number of benzene rings is 1. The number of carbonyl (C=O) groups excluding carboxylic acids is 1. The Morgan fingerprint density at radius 1 is 1.55 bits per heavy atom. The molecule has 1 N–H and O–H groups in total. The summed E-state index contributed by atoms with van der Waals surface area (Å²) >= 11 is 0. The van der Waals surface area contributed by atoms with E-state index < -0.39 is 4.92 Å². The van der Waals surface area contributed by atoms with Gasteiger partial charge in [0.2, 0.25) is 0 Å². The molecule has 9 nitrogen and oxygen atoms in total. The number of carbonyl (C=O) groups is 1. The monoisotopic (exact) mass is 274 g/mol. The predicted octanol–water partition coefficient (Wildman–Crippen LogP) is 0.337. The summed E-state index contributed by atoms with van der Waals surface area (Å²) in [7, 11) is 0. The Hall–Kier alpha value is -3.10. The fourth-order valence-electron chi connectivity index (χ4n) is 1.39.